The number of hydrogen-bond donors (Lipinski definition) is 0. The molecule has 0 spiro atoms. The molecule has 0 aliphatic carbocycles. The van der Waals surface area contributed by atoms with Crippen molar-refractivity contribution in [2.24, 2.45) is 0 Å². The molecule has 58 valence electrons. The number of ether oxygens (including phenoxy) is 2. The maximum Gasteiger partial charge on any atom is 0.332 e. The van der Waals surface area contributed by atoms with Gasteiger partial charge in [0.15, 0.2) is 6.29 Å². The maximum atomic E-state index is 10.5. The summed E-state index contributed by atoms with van der Waals surface area (Å²) in [6, 6.07) is 0. The van der Waals surface area contributed by atoms with Gasteiger partial charge in [-0.15, -0.1) is 0 Å². The molecule has 0 saturated heterocycles. The van der Waals surface area contributed by atoms with Gasteiger partial charge in [0.1, 0.15) is 13.2 Å². The van der Waals surface area contributed by atoms with Crippen molar-refractivity contribution in [1.82, 2.24) is 0 Å². The summed E-state index contributed by atoms with van der Waals surface area (Å²) in [4.78, 5) is 20.1. The molecule has 10 heavy (non-hydrogen) atoms. The molecule has 0 aliphatic rings. The van der Waals surface area contributed by atoms with Gasteiger partial charge in [-0.25, -0.2) is 4.79 Å². The van der Waals surface area contributed by atoms with Crippen molar-refractivity contribution < 1.29 is 19.1 Å². The van der Waals surface area contributed by atoms with E-state index in [1.807, 2.05) is 0 Å². The molecule has 0 atom stereocenters. The van der Waals surface area contributed by atoms with Crippen molar-refractivity contribution in [3.8, 4) is 0 Å². The van der Waals surface area contributed by atoms with E-state index in [1.165, 1.54) is 0 Å². The Morgan fingerprint density at radius 3 is 2.80 bits per heavy atom. The van der Waals surface area contributed by atoms with E-state index in [2.05, 4.69) is 4.74 Å². The normalized spacial score (nSPS) is 8.90. The van der Waals surface area contributed by atoms with Crippen LogP contribution in [0.1, 0.15) is 6.92 Å². The molecule has 0 fully saturated rings. The first kappa shape index (κ1) is 9.10. The summed E-state index contributed by atoms with van der Waals surface area (Å²) < 4.78 is 9.06. The van der Waals surface area contributed by atoms with Crippen LogP contribution in [0.5, 0.6) is 0 Å². The van der Waals surface area contributed by atoms with Gasteiger partial charge in [-0.2, -0.15) is 0 Å². The summed E-state index contributed by atoms with van der Waals surface area (Å²) >= 11 is 0. The lowest BCUT2D eigenvalue weighted by Crippen LogP contribution is -2.13. The predicted molar refractivity (Wildman–Crippen MR) is 33.5 cm³/mol. The third kappa shape index (κ3) is 5.24. The Morgan fingerprint density at radius 2 is 2.30 bits per heavy atom. The van der Waals surface area contributed by atoms with E-state index in [-0.39, 0.29) is 13.2 Å². The van der Waals surface area contributed by atoms with Crippen molar-refractivity contribution in [1.29, 1.82) is 0 Å². The van der Waals surface area contributed by atoms with E-state index in [0.717, 1.165) is 0 Å². The topological polar surface area (TPSA) is 52.6 Å². The summed E-state index contributed by atoms with van der Waals surface area (Å²) in [5.41, 5.74) is 0. The van der Waals surface area contributed by atoms with Gasteiger partial charge in [-0.05, 0) is 6.92 Å². The quantitative estimate of drug-likeness (QED) is 0.397. The van der Waals surface area contributed by atoms with Crippen LogP contribution in [0.15, 0.2) is 0 Å². The molecule has 0 radical (unpaired) electrons. The second-order valence-corrected chi connectivity index (χ2v) is 1.49. The van der Waals surface area contributed by atoms with E-state index >= 15 is 0 Å². The molecule has 0 heterocycles. The molecular formula is C6H10O4. The molecule has 4 nitrogen and oxygen atoms in total. The second kappa shape index (κ2) is 6.22. The molecule has 0 saturated carbocycles. The molecule has 0 N–H and O–H groups in total. The third-order valence-corrected chi connectivity index (χ3v) is 0.736. The zero-order valence-electron chi connectivity index (χ0n) is 5.83. The van der Waals surface area contributed by atoms with Crippen LogP contribution < -0.4 is 0 Å². The number of rotatable bonds is 5. The Balaban J connectivity index is 3.16. The van der Waals surface area contributed by atoms with E-state index in [9.17, 15) is 9.59 Å². The minimum absolute atomic E-state index is 0.0790. The van der Waals surface area contributed by atoms with Gasteiger partial charge in [-0.3, -0.25) is 4.79 Å². The monoisotopic (exact) mass is 146 g/mol. The second-order valence-electron chi connectivity index (χ2n) is 1.49. The smallest absolute Gasteiger partial charge is 0.332 e. The van der Waals surface area contributed by atoms with Crippen molar-refractivity contribution >= 4 is 12.3 Å². The summed E-state index contributed by atoms with van der Waals surface area (Å²) in [5.74, 6) is -0.506. The Kier molecular flexibility index (Phi) is 5.66. The molecule has 0 aliphatic heterocycles. The van der Waals surface area contributed by atoms with E-state index in [1.54, 1.807) is 6.92 Å². The van der Waals surface area contributed by atoms with Gasteiger partial charge in [0.05, 0.1) is 0 Å². The van der Waals surface area contributed by atoms with Crippen LogP contribution in [0.3, 0.4) is 0 Å². The molecule has 0 amide bonds. The molecule has 0 aromatic carbocycles. The SMILES string of the molecule is CCOCC(=O)OCC=O. The lowest BCUT2D eigenvalue weighted by Gasteiger charge is -1.99. The zero-order chi connectivity index (χ0) is 7.82. The van der Waals surface area contributed by atoms with Gasteiger partial charge in [0, 0.05) is 6.61 Å². The number of carbonyl (C=O) groups is 2. The van der Waals surface area contributed by atoms with Crippen molar-refractivity contribution in [3.05, 3.63) is 0 Å². The van der Waals surface area contributed by atoms with E-state index in [0.29, 0.717) is 12.9 Å². The number of carbonyl (C=O) groups excluding carboxylic acids is 2. The zero-order valence-corrected chi connectivity index (χ0v) is 5.83. The molecule has 0 unspecified atom stereocenters. The molecule has 0 bridgehead atoms. The molecule has 0 aromatic heterocycles. The standard InChI is InChI=1S/C6H10O4/c1-2-9-5-6(8)10-4-3-7/h3H,2,4-5H2,1H3. The average Bonchev–Trinajstić information content (AvgIpc) is 1.97. The van der Waals surface area contributed by atoms with Crippen LogP contribution >= 0.6 is 0 Å². The minimum Gasteiger partial charge on any atom is -0.456 e. The highest BCUT2D eigenvalue weighted by atomic mass is 16.6. The molecular weight excluding hydrogens is 136 g/mol. The number of aldehydes is 1. The van der Waals surface area contributed by atoms with Crippen molar-refractivity contribution in [2.75, 3.05) is 19.8 Å². The predicted octanol–water partition coefficient (Wildman–Crippen LogP) is -0.235. The highest BCUT2D eigenvalue weighted by Gasteiger charge is 1.99. The van der Waals surface area contributed by atoms with Crippen LogP contribution in [-0.2, 0) is 19.1 Å². The summed E-state index contributed by atoms with van der Waals surface area (Å²) in [5, 5.41) is 0. The van der Waals surface area contributed by atoms with Crippen LogP contribution in [0, 0.1) is 0 Å². The summed E-state index contributed by atoms with van der Waals surface area (Å²) in [7, 11) is 0. The third-order valence-electron chi connectivity index (χ3n) is 0.736. The maximum absolute atomic E-state index is 10.5. The van der Waals surface area contributed by atoms with Crippen LogP contribution in [-0.4, -0.2) is 32.1 Å². The Labute approximate surface area is 59.1 Å². The van der Waals surface area contributed by atoms with Gasteiger partial charge in [0.2, 0.25) is 0 Å². The fraction of sp³-hybridized carbons (Fsp3) is 0.667. The van der Waals surface area contributed by atoms with E-state index in [4.69, 9.17) is 4.74 Å². The van der Waals surface area contributed by atoms with Crippen LogP contribution in [0.25, 0.3) is 0 Å². The van der Waals surface area contributed by atoms with Crippen molar-refractivity contribution in [3.63, 3.8) is 0 Å². The van der Waals surface area contributed by atoms with Gasteiger partial charge >= 0.3 is 5.97 Å². The fourth-order valence-electron chi connectivity index (χ4n) is 0.354. The Hall–Kier alpha value is -0.900. The van der Waals surface area contributed by atoms with Crippen LogP contribution in [0.4, 0.5) is 0 Å². The first-order valence-corrected chi connectivity index (χ1v) is 2.98. The Morgan fingerprint density at radius 1 is 1.60 bits per heavy atom. The fourth-order valence-corrected chi connectivity index (χ4v) is 0.354. The number of esters is 1. The first-order valence-electron chi connectivity index (χ1n) is 2.98. The largest absolute Gasteiger partial charge is 0.456 e. The molecule has 4 heteroatoms. The lowest BCUT2D eigenvalue weighted by molar-refractivity contribution is -0.150. The van der Waals surface area contributed by atoms with E-state index < -0.39 is 5.97 Å². The van der Waals surface area contributed by atoms with Gasteiger partial charge in [-0.1, -0.05) is 0 Å². The van der Waals surface area contributed by atoms with Gasteiger partial charge < -0.3 is 9.47 Å². The number of hydrogen-bond acceptors (Lipinski definition) is 4. The highest BCUT2D eigenvalue weighted by Crippen LogP contribution is 1.78. The molecule has 0 aromatic rings. The molecule has 0 rings (SSSR count). The van der Waals surface area contributed by atoms with Gasteiger partial charge in [0.25, 0.3) is 0 Å². The summed E-state index contributed by atoms with van der Waals surface area (Å²) in [6.07, 6.45) is 0.518. The average molecular weight is 146 g/mol. The van der Waals surface area contributed by atoms with Crippen molar-refractivity contribution in [2.45, 2.75) is 6.92 Å². The summed E-state index contributed by atoms with van der Waals surface area (Å²) in [6.45, 7) is 1.97. The lowest BCUT2D eigenvalue weighted by atomic mass is 10.7. The Bertz CT molecular complexity index is 110. The first-order chi connectivity index (χ1) is 4.81. The van der Waals surface area contributed by atoms with Crippen LogP contribution in [0.2, 0.25) is 0 Å². The highest BCUT2D eigenvalue weighted by molar-refractivity contribution is 5.72. The minimum atomic E-state index is -0.506.